The summed E-state index contributed by atoms with van der Waals surface area (Å²) in [6, 6.07) is 0. The van der Waals surface area contributed by atoms with Gasteiger partial charge in [-0.15, -0.1) is 0 Å². The van der Waals surface area contributed by atoms with Gasteiger partial charge in [-0.25, -0.2) is 0 Å². The Morgan fingerprint density at radius 1 is 1.30 bits per heavy atom. The highest BCUT2D eigenvalue weighted by molar-refractivity contribution is 5.81. The number of fused-ring (bicyclic) bond motifs is 1. The first-order valence-corrected chi connectivity index (χ1v) is 4.08. The highest BCUT2D eigenvalue weighted by Crippen LogP contribution is 2.32. The Hall–Kier alpha value is -0.370. The van der Waals surface area contributed by atoms with Crippen molar-refractivity contribution in [2.45, 2.75) is 19.3 Å². The molecule has 2 fully saturated rings. The van der Waals surface area contributed by atoms with Crippen molar-refractivity contribution in [3.63, 3.8) is 0 Å². The van der Waals surface area contributed by atoms with Crippen molar-refractivity contribution in [2.75, 3.05) is 13.1 Å². The van der Waals surface area contributed by atoms with Gasteiger partial charge in [0.2, 0.25) is 0 Å². The van der Waals surface area contributed by atoms with Gasteiger partial charge in [-0.3, -0.25) is 4.79 Å². The molecule has 0 aromatic rings. The van der Waals surface area contributed by atoms with E-state index >= 15 is 0 Å². The first kappa shape index (κ1) is 6.35. The Morgan fingerprint density at radius 2 is 2.10 bits per heavy atom. The zero-order chi connectivity index (χ0) is 6.97. The van der Waals surface area contributed by atoms with Crippen LogP contribution in [-0.4, -0.2) is 18.9 Å². The number of ketones is 1. The van der Waals surface area contributed by atoms with E-state index in [1.165, 1.54) is 6.42 Å². The monoisotopic (exact) mass is 139 g/mol. The maximum absolute atomic E-state index is 11.0. The summed E-state index contributed by atoms with van der Waals surface area (Å²) in [5, 5.41) is 3.32. The number of hydrogen-bond acceptors (Lipinski definition) is 2. The topological polar surface area (TPSA) is 29.1 Å². The molecule has 0 radical (unpaired) electrons. The fourth-order valence-electron chi connectivity index (χ4n) is 2.15. The standard InChI is InChI=1S/C8H13NO/c10-8-3-6-1-2-9-5-7(6)4-8/h6-7,9H,1-5H2/t6-,7-/m0/s1. The molecule has 2 atom stereocenters. The van der Waals surface area contributed by atoms with Gasteiger partial charge in [0.25, 0.3) is 0 Å². The Labute approximate surface area is 61.0 Å². The molecule has 1 saturated heterocycles. The average molecular weight is 139 g/mol. The first-order valence-electron chi connectivity index (χ1n) is 4.08. The maximum Gasteiger partial charge on any atom is 0.133 e. The second-order valence-corrected chi connectivity index (χ2v) is 3.46. The van der Waals surface area contributed by atoms with Crippen LogP contribution in [0.5, 0.6) is 0 Å². The van der Waals surface area contributed by atoms with Gasteiger partial charge < -0.3 is 5.32 Å². The largest absolute Gasteiger partial charge is 0.316 e. The van der Waals surface area contributed by atoms with Crippen LogP contribution < -0.4 is 5.32 Å². The lowest BCUT2D eigenvalue weighted by Crippen LogP contribution is -2.33. The molecule has 1 N–H and O–H groups in total. The number of nitrogens with one attached hydrogen (secondary N) is 1. The van der Waals surface area contributed by atoms with E-state index in [4.69, 9.17) is 0 Å². The minimum absolute atomic E-state index is 0.485. The lowest BCUT2D eigenvalue weighted by molar-refractivity contribution is -0.117. The highest BCUT2D eigenvalue weighted by Gasteiger charge is 2.33. The molecule has 1 aliphatic carbocycles. The zero-order valence-electron chi connectivity index (χ0n) is 6.10. The molecule has 0 amide bonds. The molecule has 2 heteroatoms. The number of Topliss-reactive ketones (excluding diaryl/α,β-unsaturated/α-hetero) is 1. The molecular weight excluding hydrogens is 126 g/mol. The van der Waals surface area contributed by atoms with E-state index in [1.54, 1.807) is 0 Å². The van der Waals surface area contributed by atoms with Crippen molar-refractivity contribution >= 4 is 5.78 Å². The maximum atomic E-state index is 11.0. The van der Waals surface area contributed by atoms with E-state index in [1.807, 2.05) is 0 Å². The molecular formula is C8H13NO. The number of hydrogen-bond donors (Lipinski definition) is 1. The lowest BCUT2D eigenvalue weighted by atomic mass is 9.90. The summed E-state index contributed by atoms with van der Waals surface area (Å²) in [4.78, 5) is 11.0. The first-order chi connectivity index (χ1) is 4.86. The van der Waals surface area contributed by atoms with Crippen molar-refractivity contribution in [1.29, 1.82) is 0 Å². The van der Waals surface area contributed by atoms with Crippen LogP contribution >= 0.6 is 0 Å². The third-order valence-corrected chi connectivity index (χ3v) is 2.74. The van der Waals surface area contributed by atoms with Crippen molar-refractivity contribution < 1.29 is 4.79 Å². The van der Waals surface area contributed by atoms with Crippen LogP contribution in [-0.2, 0) is 4.79 Å². The molecule has 2 aliphatic rings. The van der Waals surface area contributed by atoms with Crippen LogP contribution in [0.15, 0.2) is 0 Å². The highest BCUT2D eigenvalue weighted by atomic mass is 16.1. The Balaban J connectivity index is 2.04. The van der Waals surface area contributed by atoms with E-state index in [-0.39, 0.29) is 0 Å². The van der Waals surface area contributed by atoms with E-state index in [9.17, 15) is 4.79 Å². The Kier molecular flexibility index (Phi) is 1.49. The quantitative estimate of drug-likeness (QED) is 0.531. The van der Waals surface area contributed by atoms with Crippen LogP contribution in [0.25, 0.3) is 0 Å². The summed E-state index contributed by atoms with van der Waals surface area (Å²) in [5.41, 5.74) is 0. The number of piperidine rings is 1. The molecule has 0 aromatic heterocycles. The minimum atomic E-state index is 0.485. The molecule has 1 aliphatic heterocycles. The van der Waals surface area contributed by atoms with Crippen LogP contribution in [0.1, 0.15) is 19.3 Å². The summed E-state index contributed by atoms with van der Waals surface area (Å²) in [6.07, 6.45) is 2.93. The number of carbonyl (C=O) groups is 1. The Morgan fingerprint density at radius 3 is 2.90 bits per heavy atom. The number of carbonyl (C=O) groups excluding carboxylic acids is 1. The number of rotatable bonds is 0. The van der Waals surface area contributed by atoms with E-state index in [0.717, 1.165) is 31.8 Å². The summed E-state index contributed by atoms with van der Waals surface area (Å²) >= 11 is 0. The van der Waals surface area contributed by atoms with Crippen molar-refractivity contribution in [2.24, 2.45) is 11.8 Å². The predicted molar refractivity (Wildman–Crippen MR) is 38.7 cm³/mol. The molecule has 1 heterocycles. The van der Waals surface area contributed by atoms with Crippen LogP contribution in [0.2, 0.25) is 0 Å². The second-order valence-electron chi connectivity index (χ2n) is 3.46. The van der Waals surface area contributed by atoms with Gasteiger partial charge in [-0.2, -0.15) is 0 Å². The zero-order valence-corrected chi connectivity index (χ0v) is 6.10. The van der Waals surface area contributed by atoms with Gasteiger partial charge in [0.15, 0.2) is 0 Å². The van der Waals surface area contributed by atoms with Gasteiger partial charge >= 0.3 is 0 Å². The minimum Gasteiger partial charge on any atom is -0.316 e. The third-order valence-electron chi connectivity index (χ3n) is 2.74. The summed E-state index contributed by atoms with van der Waals surface area (Å²) < 4.78 is 0. The van der Waals surface area contributed by atoms with Crippen LogP contribution in [0.3, 0.4) is 0 Å². The molecule has 0 spiro atoms. The Bertz CT molecular complexity index is 139. The van der Waals surface area contributed by atoms with Gasteiger partial charge in [-0.05, 0) is 31.3 Å². The second kappa shape index (κ2) is 2.35. The fraction of sp³-hybridized carbons (Fsp3) is 0.875. The molecule has 0 aromatic carbocycles. The van der Waals surface area contributed by atoms with E-state index in [2.05, 4.69) is 5.32 Å². The van der Waals surface area contributed by atoms with E-state index < -0.39 is 0 Å². The summed E-state index contributed by atoms with van der Waals surface area (Å²) in [5.74, 6) is 1.90. The van der Waals surface area contributed by atoms with Gasteiger partial charge in [0, 0.05) is 12.8 Å². The van der Waals surface area contributed by atoms with E-state index in [0.29, 0.717) is 11.7 Å². The fourth-order valence-corrected chi connectivity index (χ4v) is 2.15. The molecule has 10 heavy (non-hydrogen) atoms. The van der Waals surface area contributed by atoms with Crippen LogP contribution in [0.4, 0.5) is 0 Å². The van der Waals surface area contributed by atoms with Crippen LogP contribution in [0, 0.1) is 11.8 Å². The molecule has 0 unspecified atom stereocenters. The normalized spacial score (nSPS) is 39.8. The molecule has 0 bridgehead atoms. The van der Waals surface area contributed by atoms with Gasteiger partial charge in [0.05, 0.1) is 0 Å². The van der Waals surface area contributed by atoms with Crippen molar-refractivity contribution in [1.82, 2.24) is 5.32 Å². The molecule has 2 nitrogen and oxygen atoms in total. The van der Waals surface area contributed by atoms with Gasteiger partial charge in [-0.1, -0.05) is 0 Å². The summed E-state index contributed by atoms with van der Waals surface area (Å²) in [6.45, 7) is 2.20. The SMILES string of the molecule is O=C1C[C@H]2CNCC[C@H]2C1. The van der Waals surface area contributed by atoms with Crippen molar-refractivity contribution in [3.05, 3.63) is 0 Å². The smallest absolute Gasteiger partial charge is 0.133 e. The summed E-state index contributed by atoms with van der Waals surface area (Å²) in [7, 11) is 0. The predicted octanol–water partition coefficient (Wildman–Crippen LogP) is 0.575. The molecule has 1 saturated carbocycles. The third kappa shape index (κ3) is 0.966. The molecule has 2 rings (SSSR count). The lowest BCUT2D eigenvalue weighted by Gasteiger charge is -2.24. The average Bonchev–Trinajstić information content (AvgIpc) is 2.27. The molecule has 56 valence electrons. The van der Waals surface area contributed by atoms with Crippen molar-refractivity contribution in [3.8, 4) is 0 Å². The van der Waals surface area contributed by atoms with Gasteiger partial charge in [0.1, 0.15) is 5.78 Å².